The highest BCUT2D eigenvalue weighted by Gasteiger charge is 2.58. The molecule has 4 aliphatic rings. The third-order valence-corrected chi connectivity index (χ3v) is 7.52. The second-order valence-corrected chi connectivity index (χ2v) is 9.03. The van der Waals surface area contributed by atoms with Crippen LogP contribution in [-0.4, -0.2) is 29.4 Å². The van der Waals surface area contributed by atoms with Crippen LogP contribution in [0.15, 0.2) is 11.8 Å². The van der Waals surface area contributed by atoms with E-state index < -0.39 is 5.79 Å². The second-order valence-electron chi connectivity index (χ2n) is 9.03. The molecule has 1 heterocycles. The molecule has 0 unspecified atom stereocenters. The van der Waals surface area contributed by atoms with Crippen molar-refractivity contribution in [1.29, 1.82) is 0 Å². The first kappa shape index (κ1) is 16.6. The van der Waals surface area contributed by atoms with E-state index in [1.54, 1.807) is 0 Å². The van der Waals surface area contributed by atoms with E-state index in [9.17, 15) is 9.90 Å². The van der Waals surface area contributed by atoms with Gasteiger partial charge in [0.05, 0.1) is 19.0 Å². The quantitative estimate of drug-likeness (QED) is 0.537. The Balaban J connectivity index is 1.59. The Morgan fingerprint density at radius 1 is 1.12 bits per heavy atom. The van der Waals surface area contributed by atoms with E-state index in [2.05, 4.69) is 6.92 Å². The maximum atomic E-state index is 12.7. The Labute approximate surface area is 144 Å². The van der Waals surface area contributed by atoms with Gasteiger partial charge < -0.3 is 14.6 Å². The number of carbonyl (C=O) groups excluding carboxylic acids is 1. The lowest BCUT2D eigenvalue weighted by atomic mass is 9.47. The van der Waals surface area contributed by atoms with Gasteiger partial charge in [0.15, 0.2) is 11.6 Å². The Bertz CT molecular complexity index is 566. The van der Waals surface area contributed by atoms with Gasteiger partial charge in [-0.05, 0) is 69.6 Å². The van der Waals surface area contributed by atoms with Gasteiger partial charge in [0.1, 0.15) is 0 Å². The van der Waals surface area contributed by atoms with Crippen molar-refractivity contribution in [2.24, 2.45) is 29.1 Å². The zero-order valence-corrected chi connectivity index (χ0v) is 15.1. The minimum absolute atomic E-state index is 0.108. The predicted molar refractivity (Wildman–Crippen MR) is 90.4 cm³/mol. The van der Waals surface area contributed by atoms with E-state index in [0.717, 1.165) is 51.4 Å². The Morgan fingerprint density at radius 2 is 1.92 bits per heavy atom. The summed E-state index contributed by atoms with van der Waals surface area (Å²) in [6, 6.07) is 0. The Morgan fingerprint density at radius 3 is 2.67 bits per heavy atom. The molecule has 0 aromatic rings. The van der Waals surface area contributed by atoms with Crippen LogP contribution >= 0.6 is 0 Å². The van der Waals surface area contributed by atoms with Gasteiger partial charge in [-0.15, -0.1) is 0 Å². The molecule has 4 heteroatoms. The molecule has 1 aliphatic heterocycles. The minimum Gasteiger partial charge on any atom is -0.515 e. The van der Waals surface area contributed by atoms with Crippen molar-refractivity contribution in [2.75, 3.05) is 6.61 Å². The minimum atomic E-state index is -0.465. The Kier molecular flexibility index (Phi) is 3.85. The third-order valence-electron chi connectivity index (χ3n) is 7.52. The lowest BCUT2D eigenvalue weighted by molar-refractivity contribution is -0.318. The van der Waals surface area contributed by atoms with Crippen molar-refractivity contribution in [1.82, 2.24) is 0 Å². The highest BCUT2D eigenvalue weighted by molar-refractivity contribution is 5.98. The zero-order chi connectivity index (χ0) is 17.1. The van der Waals surface area contributed by atoms with Gasteiger partial charge in [0.25, 0.3) is 0 Å². The third kappa shape index (κ3) is 2.37. The number of rotatable bonds is 0. The van der Waals surface area contributed by atoms with Gasteiger partial charge in [-0.1, -0.05) is 6.92 Å². The monoisotopic (exact) mass is 334 g/mol. The molecule has 3 saturated carbocycles. The van der Waals surface area contributed by atoms with Gasteiger partial charge >= 0.3 is 0 Å². The van der Waals surface area contributed by atoms with Crippen molar-refractivity contribution >= 4 is 5.78 Å². The predicted octanol–water partition coefficient (Wildman–Crippen LogP) is 4.00. The van der Waals surface area contributed by atoms with E-state index in [1.807, 2.05) is 13.8 Å². The number of aliphatic hydroxyl groups is 1. The Hall–Kier alpha value is -0.870. The SMILES string of the molecule is CC1(C)OC[C@H]2[C@H](CC[C@@]3(C)[C@H]2CC[C@H]2C(=O)/C(=C/O)CC[C@@H]23)O1. The molecule has 0 spiro atoms. The van der Waals surface area contributed by atoms with E-state index >= 15 is 0 Å². The first-order valence-corrected chi connectivity index (χ1v) is 9.55. The van der Waals surface area contributed by atoms with Crippen molar-refractivity contribution in [2.45, 2.75) is 71.2 Å². The van der Waals surface area contributed by atoms with Crippen LogP contribution in [0.1, 0.15) is 59.3 Å². The highest BCUT2D eigenvalue weighted by Crippen LogP contribution is 2.61. The maximum absolute atomic E-state index is 12.7. The maximum Gasteiger partial charge on any atom is 0.165 e. The van der Waals surface area contributed by atoms with Gasteiger partial charge in [-0.25, -0.2) is 0 Å². The number of ketones is 1. The zero-order valence-electron chi connectivity index (χ0n) is 15.1. The lowest BCUT2D eigenvalue weighted by Gasteiger charge is -2.60. The number of aliphatic hydroxyl groups excluding tert-OH is 1. The van der Waals surface area contributed by atoms with Crippen LogP contribution in [-0.2, 0) is 14.3 Å². The molecule has 0 radical (unpaired) electrons. The van der Waals surface area contributed by atoms with Crippen molar-refractivity contribution in [3.63, 3.8) is 0 Å². The van der Waals surface area contributed by atoms with Crippen LogP contribution < -0.4 is 0 Å². The number of ether oxygens (including phenoxy) is 2. The molecule has 1 N–H and O–H groups in total. The van der Waals surface area contributed by atoms with Crippen LogP contribution in [0.3, 0.4) is 0 Å². The molecule has 4 nitrogen and oxygen atoms in total. The molecule has 0 aromatic carbocycles. The summed E-state index contributed by atoms with van der Waals surface area (Å²) in [6.45, 7) is 7.21. The summed E-state index contributed by atoms with van der Waals surface area (Å²) >= 11 is 0. The molecule has 0 amide bonds. The molecule has 6 atom stereocenters. The van der Waals surface area contributed by atoms with E-state index in [0.29, 0.717) is 29.4 Å². The summed E-state index contributed by atoms with van der Waals surface area (Å²) in [5, 5.41) is 9.34. The van der Waals surface area contributed by atoms with E-state index in [-0.39, 0.29) is 17.1 Å². The topological polar surface area (TPSA) is 55.8 Å². The fourth-order valence-corrected chi connectivity index (χ4v) is 6.34. The largest absolute Gasteiger partial charge is 0.515 e. The molecule has 3 aliphatic carbocycles. The first-order chi connectivity index (χ1) is 11.4. The number of allylic oxidation sites excluding steroid dienone is 1. The van der Waals surface area contributed by atoms with Gasteiger partial charge in [0.2, 0.25) is 0 Å². The van der Waals surface area contributed by atoms with Gasteiger partial charge in [-0.3, -0.25) is 4.79 Å². The summed E-state index contributed by atoms with van der Waals surface area (Å²) in [5.74, 6) is 1.34. The smallest absolute Gasteiger partial charge is 0.165 e. The summed E-state index contributed by atoms with van der Waals surface area (Å²) in [5.41, 5.74) is 0.840. The van der Waals surface area contributed by atoms with Gasteiger partial charge in [-0.2, -0.15) is 0 Å². The van der Waals surface area contributed by atoms with Crippen LogP contribution in [0.5, 0.6) is 0 Å². The summed E-state index contributed by atoms with van der Waals surface area (Å²) in [7, 11) is 0. The number of hydrogen-bond donors (Lipinski definition) is 1. The van der Waals surface area contributed by atoms with Crippen molar-refractivity contribution in [3.8, 4) is 0 Å². The second kappa shape index (κ2) is 5.57. The van der Waals surface area contributed by atoms with Crippen LogP contribution in [0.25, 0.3) is 0 Å². The number of fused-ring (bicyclic) bond motifs is 5. The van der Waals surface area contributed by atoms with Crippen molar-refractivity contribution < 1.29 is 19.4 Å². The number of hydrogen-bond acceptors (Lipinski definition) is 4. The van der Waals surface area contributed by atoms with Crippen LogP contribution in [0.4, 0.5) is 0 Å². The summed E-state index contributed by atoms with van der Waals surface area (Å²) < 4.78 is 12.2. The molecule has 0 bridgehead atoms. The number of Topliss-reactive ketones (excluding diaryl/α,β-unsaturated/α-hetero) is 1. The van der Waals surface area contributed by atoms with E-state index in [4.69, 9.17) is 9.47 Å². The standard InChI is InChI=1S/C20H30O4/c1-19(2)23-11-14-16-7-5-13-15(6-4-12(10-21)18(13)22)20(16,3)9-8-17(14)24-19/h10,13-17,21H,4-9,11H2,1-3H3/b12-10+/t13-,14-,15+,16+,17+,20-/m1/s1. The summed E-state index contributed by atoms with van der Waals surface area (Å²) in [4.78, 5) is 12.7. The molecule has 134 valence electrons. The van der Waals surface area contributed by atoms with E-state index in [1.165, 1.54) is 0 Å². The molecule has 4 rings (SSSR count). The summed E-state index contributed by atoms with van der Waals surface area (Å²) in [6.07, 6.45) is 7.36. The molecular formula is C20H30O4. The first-order valence-electron chi connectivity index (χ1n) is 9.55. The van der Waals surface area contributed by atoms with Crippen molar-refractivity contribution in [3.05, 3.63) is 11.8 Å². The van der Waals surface area contributed by atoms with Crippen LogP contribution in [0.2, 0.25) is 0 Å². The molecule has 0 aromatic heterocycles. The fraction of sp³-hybridized carbons (Fsp3) is 0.850. The fourth-order valence-electron chi connectivity index (χ4n) is 6.34. The normalized spacial score (nSPS) is 49.2. The molecule has 24 heavy (non-hydrogen) atoms. The van der Waals surface area contributed by atoms with Gasteiger partial charge in [0, 0.05) is 17.4 Å². The average Bonchev–Trinajstić information content (AvgIpc) is 2.54. The molecule has 4 fully saturated rings. The molecule has 1 saturated heterocycles. The average molecular weight is 334 g/mol. The lowest BCUT2D eigenvalue weighted by Crippen LogP contribution is -2.59. The van der Waals surface area contributed by atoms with Crippen LogP contribution in [0, 0.1) is 29.1 Å². The number of carbonyl (C=O) groups is 1. The molecular weight excluding hydrogens is 304 g/mol. The highest BCUT2D eigenvalue weighted by atomic mass is 16.7.